The van der Waals surface area contributed by atoms with Crippen LogP contribution in [0.15, 0.2) is 48.7 Å². The fourth-order valence-corrected chi connectivity index (χ4v) is 2.15. The van der Waals surface area contributed by atoms with Gasteiger partial charge in [-0.3, -0.25) is 4.79 Å². The summed E-state index contributed by atoms with van der Waals surface area (Å²) in [5.41, 5.74) is 1.84. The van der Waals surface area contributed by atoms with E-state index in [1.165, 1.54) is 0 Å². The lowest BCUT2D eigenvalue weighted by atomic mass is 10.2. The van der Waals surface area contributed by atoms with Crippen LogP contribution >= 0.6 is 0 Å². The van der Waals surface area contributed by atoms with E-state index in [2.05, 4.69) is 34.3 Å². The molecule has 0 aliphatic rings. The summed E-state index contributed by atoms with van der Waals surface area (Å²) in [6, 6.07) is 14.0. The van der Waals surface area contributed by atoms with Crippen molar-refractivity contribution in [2.75, 3.05) is 16.8 Å². The van der Waals surface area contributed by atoms with E-state index >= 15 is 0 Å². The number of anilines is 3. The van der Waals surface area contributed by atoms with Gasteiger partial charge in [-0.25, -0.2) is 4.98 Å². The summed E-state index contributed by atoms with van der Waals surface area (Å²) in [4.78, 5) is 18.1. The number of pyridine rings is 1. The van der Waals surface area contributed by atoms with Crippen LogP contribution in [0.4, 0.5) is 17.2 Å². The topological polar surface area (TPSA) is 45.2 Å². The Balaban J connectivity index is 2.12. The molecular formula is C17H21N3O. The number of hydrogen-bond acceptors (Lipinski definition) is 3. The molecule has 0 atom stereocenters. The maximum atomic E-state index is 11.6. The molecule has 0 saturated heterocycles. The molecule has 4 heteroatoms. The summed E-state index contributed by atoms with van der Waals surface area (Å²) in [6.07, 6.45) is 3.08. The van der Waals surface area contributed by atoms with Gasteiger partial charge in [0, 0.05) is 18.7 Å². The molecule has 110 valence electrons. The van der Waals surface area contributed by atoms with Crippen molar-refractivity contribution in [3.05, 3.63) is 48.7 Å². The molecule has 4 nitrogen and oxygen atoms in total. The van der Waals surface area contributed by atoms with E-state index in [9.17, 15) is 4.79 Å². The summed E-state index contributed by atoms with van der Waals surface area (Å²) in [6.45, 7) is 4.91. The Bertz CT molecular complexity index is 566. The van der Waals surface area contributed by atoms with Gasteiger partial charge in [0.25, 0.3) is 0 Å². The van der Waals surface area contributed by atoms with Gasteiger partial charge in [0.15, 0.2) is 0 Å². The van der Waals surface area contributed by atoms with Crippen molar-refractivity contribution in [2.24, 2.45) is 0 Å². The van der Waals surface area contributed by atoms with Gasteiger partial charge >= 0.3 is 0 Å². The summed E-state index contributed by atoms with van der Waals surface area (Å²) in [5.74, 6) is 0.902. The van der Waals surface area contributed by atoms with Gasteiger partial charge in [-0.1, -0.05) is 25.1 Å². The average Bonchev–Trinajstić information content (AvgIpc) is 2.51. The first kappa shape index (κ1) is 15.0. The van der Waals surface area contributed by atoms with E-state index in [1.807, 2.05) is 37.3 Å². The fraction of sp³-hybridized carbons (Fsp3) is 0.294. The third-order valence-corrected chi connectivity index (χ3v) is 3.17. The number of amides is 1. The van der Waals surface area contributed by atoms with Gasteiger partial charge in [-0.15, -0.1) is 0 Å². The molecule has 0 aliphatic carbocycles. The van der Waals surface area contributed by atoms with Gasteiger partial charge in [-0.2, -0.15) is 0 Å². The Labute approximate surface area is 125 Å². The molecule has 0 saturated carbocycles. The number of nitrogens with one attached hydrogen (secondary N) is 1. The molecule has 1 heterocycles. The molecule has 0 bridgehead atoms. The number of hydrogen-bond donors (Lipinski definition) is 1. The predicted octanol–water partition coefficient (Wildman–Crippen LogP) is 3.98. The van der Waals surface area contributed by atoms with Crippen LogP contribution in [-0.4, -0.2) is 17.4 Å². The van der Waals surface area contributed by atoms with Crippen LogP contribution in [0.2, 0.25) is 0 Å². The second-order valence-electron chi connectivity index (χ2n) is 4.78. The highest BCUT2D eigenvalue weighted by atomic mass is 16.1. The van der Waals surface area contributed by atoms with Gasteiger partial charge in [-0.05, 0) is 37.6 Å². The predicted molar refractivity (Wildman–Crippen MR) is 86.9 cm³/mol. The second-order valence-corrected chi connectivity index (χ2v) is 4.78. The zero-order valence-corrected chi connectivity index (χ0v) is 12.5. The Morgan fingerprint density at radius 3 is 2.48 bits per heavy atom. The lowest BCUT2D eigenvalue weighted by Gasteiger charge is -2.22. The van der Waals surface area contributed by atoms with Crippen LogP contribution in [0.5, 0.6) is 0 Å². The van der Waals surface area contributed by atoms with Crippen molar-refractivity contribution in [3.8, 4) is 0 Å². The molecule has 21 heavy (non-hydrogen) atoms. The number of rotatable bonds is 6. The van der Waals surface area contributed by atoms with Crippen LogP contribution in [0.3, 0.4) is 0 Å². The maximum absolute atomic E-state index is 11.6. The average molecular weight is 283 g/mol. The monoisotopic (exact) mass is 283 g/mol. The Hall–Kier alpha value is -2.36. The van der Waals surface area contributed by atoms with E-state index in [0.29, 0.717) is 6.42 Å². The highest BCUT2D eigenvalue weighted by Gasteiger charge is 2.08. The molecule has 0 radical (unpaired) electrons. The molecule has 1 aromatic carbocycles. The summed E-state index contributed by atoms with van der Waals surface area (Å²) in [7, 11) is 0. The summed E-state index contributed by atoms with van der Waals surface area (Å²) >= 11 is 0. The highest BCUT2D eigenvalue weighted by molar-refractivity contribution is 5.90. The van der Waals surface area contributed by atoms with Crippen LogP contribution in [0.25, 0.3) is 0 Å². The van der Waals surface area contributed by atoms with Gasteiger partial charge in [0.1, 0.15) is 5.82 Å². The first-order valence-electron chi connectivity index (χ1n) is 7.33. The van der Waals surface area contributed by atoms with Crippen molar-refractivity contribution in [2.45, 2.75) is 26.7 Å². The van der Waals surface area contributed by atoms with Crippen molar-refractivity contribution >= 4 is 23.1 Å². The molecule has 0 aliphatic heterocycles. The Morgan fingerprint density at radius 2 is 1.90 bits per heavy atom. The Kier molecular flexibility index (Phi) is 5.32. The molecule has 0 unspecified atom stereocenters. The number of para-hydroxylation sites is 1. The third-order valence-electron chi connectivity index (χ3n) is 3.17. The fourth-order valence-electron chi connectivity index (χ4n) is 2.15. The largest absolute Gasteiger partial charge is 0.327 e. The van der Waals surface area contributed by atoms with E-state index in [1.54, 1.807) is 6.20 Å². The normalized spacial score (nSPS) is 10.2. The number of benzene rings is 1. The molecule has 0 fully saturated rings. The van der Waals surface area contributed by atoms with Crippen molar-refractivity contribution in [3.63, 3.8) is 0 Å². The van der Waals surface area contributed by atoms with E-state index < -0.39 is 0 Å². The minimum absolute atomic E-state index is 0.0301. The first-order chi connectivity index (χ1) is 10.2. The molecule has 2 rings (SSSR count). The quantitative estimate of drug-likeness (QED) is 0.872. The molecular weight excluding hydrogens is 262 g/mol. The maximum Gasteiger partial charge on any atom is 0.224 e. The zero-order chi connectivity index (χ0) is 15.1. The molecule has 1 aromatic heterocycles. The number of carbonyl (C=O) groups is 1. The van der Waals surface area contributed by atoms with Gasteiger partial charge in [0.05, 0.1) is 11.9 Å². The van der Waals surface area contributed by atoms with E-state index in [4.69, 9.17) is 0 Å². The summed E-state index contributed by atoms with van der Waals surface area (Å²) in [5, 5.41) is 2.85. The Morgan fingerprint density at radius 1 is 1.14 bits per heavy atom. The second kappa shape index (κ2) is 7.43. The number of aromatic nitrogens is 1. The molecule has 1 N–H and O–H groups in total. The van der Waals surface area contributed by atoms with E-state index in [-0.39, 0.29) is 5.91 Å². The number of carbonyl (C=O) groups excluding carboxylic acids is 1. The summed E-state index contributed by atoms with van der Waals surface area (Å²) < 4.78 is 0. The number of nitrogens with zero attached hydrogens (tertiary/aromatic N) is 2. The smallest absolute Gasteiger partial charge is 0.224 e. The van der Waals surface area contributed by atoms with Gasteiger partial charge in [0.2, 0.25) is 5.91 Å². The van der Waals surface area contributed by atoms with Crippen LogP contribution in [0.1, 0.15) is 26.7 Å². The molecule has 1 amide bonds. The zero-order valence-electron chi connectivity index (χ0n) is 12.5. The highest BCUT2D eigenvalue weighted by Crippen LogP contribution is 2.23. The minimum atomic E-state index is 0.0301. The van der Waals surface area contributed by atoms with Crippen LogP contribution in [0, 0.1) is 0 Å². The van der Waals surface area contributed by atoms with E-state index in [0.717, 1.165) is 30.2 Å². The lowest BCUT2D eigenvalue weighted by molar-refractivity contribution is -0.116. The van der Waals surface area contributed by atoms with Crippen LogP contribution < -0.4 is 10.2 Å². The first-order valence-corrected chi connectivity index (χ1v) is 7.33. The molecule has 0 spiro atoms. The molecule has 2 aromatic rings. The SMILES string of the molecule is CCCC(=O)Nc1ccc(N(CC)c2ccccc2)nc1. The lowest BCUT2D eigenvalue weighted by Crippen LogP contribution is -2.17. The van der Waals surface area contributed by atoms with Crippen molar-refractivity contribution < 1.29 is 4.79 Å². The van der Waals surface area contributed by atoms with Crippen LogP contribution in [-0.2, 0) is 4.79 Å². The van der Waals surface area contributed by atoms with Crippen molar-refractivity contribution in [1.29, 1.82) is 0 Å². The minimum Gasteiger partial charge on any atom is -0.327 e. The van der Waals surface area contributed by atoms with Gasteiger partial charge < -0.3 is 10.2 Å². The van der Waals surface area contributed by atoms with Crippen molar-refractivity contribution in [1.82, 2.24) is 4.98 Å². The third kappa shape index (κ3) is 4.05. The standard InChI is InChI=1S/C17H21N3O/c1-3-8-17(21)19-14-11-12-16(18-13-14)20(4-2)15-9-6-5-7-10-15/h5-7,9-13H,3-4,8H2,1-2H3,(H,19,21).